The number of benzene rings is 1. The molecule has 0 aromatic heterocycles. The lowest BCUT2D eigenvalue weighted by Crippen LogP contribution is -2.48. The van der Waals surface area contributed by atoms with Gasteiger partial charge >= 0.3 is 0 Å². The number of phenols is 1. The van der Waals surface area contributed by atoms with Gasteiger partial charge in [-0.05, 0) is 43.4 Å². The summed E-state index contributed by atoms with van der Waals surface area (Å²) < 4.78 is 5.33. The van der Waals surface area contributed by atoms with Gasteiger partial charge in [0.15, 0.2) is 0 Å². The molecule has 0 spiro atoms. The van der Waals surface area contributed by atoms with E-state index in [4.69, 9.17) is 4.74 Å². The van der Waals surface area contributed by atoms with Gasteiger partial charge in [-0.2, -0.15) is 0 Å². The number of morpholine rings is 1. The van der Waals surface area contributed by atoms with Crippen molar-refractivity contribution in [3.05, 3.63) is 29.8 Å². The zero-order chi connectivity index (χ0) is 17.6. The van der Waals surface area contributed by atoms with Gasteiger partial charge < -0.3 is 19.8 Å². The monoisotopic (exact) mass is 348 g/mol. The summed E-state index contributed by atoms with van der Waals surface area (Å²) in [7, 11) is 0. The Morgan fingerprint density at radius 1 is 1.20 bits per heavy atom. The average Bonchev–Trinajstić information content (AvgIpc) is 2.62. The second-order valence-corrected chi connectivity index (χ2v) is 7.03. The molecule has 1 amide bonds. The van der Waals surface area contributed by atoms with Crippen LogP contribution < -0.4 is 0 Å². The lowest BCUT2D eigenvalue weighted by atomic mass is 9.91. The first-order chi connectivity index (χ1) is 12.1. The van der Waals surface area contributed by atoms with Crippen LogP contribution >= 0.6 is 0 Å². The van der Waals surface area contributed by atoms with Gasteiger partial charge in [0, 0.05) is 25.7 Å². The highest BCUT2D eigenvalue weighted by atomic mass is 16.5. The quantitative estimate of drug-likeness (QED) is 0.840. The molecule has 138 valence electrons. The first-order valence-electron chi connectivity index (χ1n) is 9.17. The lowest BCUT2D eigenvalue weighted by molar-refractivity contribution is -0.137. The molecule has 1 aliphatic carbocycles. The number of hydrogen-bond acceptors (Lipinski definition) is 5. The van der Waals surface area contributed by atoms with Gasteiger partial charge in [-0.1, -0.05) is 12.1 Å². The number of carbonyl (C=O) groups excluding carboxylic acids is 1. The van der Waals surface area contributed by atoms with Gasteiger partial charge in [-0.3, -0.25) is 9.69 Å². The predicted octanol–water partition coefficient (Wildman–Crippen LogP) is 1.36. The molecule has 25 heavy (non-hydrogen) atoms. The van der Waals surface area contributed by atoms with Gasteiger partial charge in [0.2, 0.25) is 5.91 Å². The van der Waals surface area contributed by atoms with Crippen LogP contribution in [-0.2, 0) is 16.1 Å². The minimum Gasteiger partial charge on any atom is -0.508 e. The highest BCUT2D eigenvalue weighted by Crippen LogP contribution is 2.25. The summed E-state index contributed by atoms with van der Waals surface area (Å²) in [5.74, 6) is 0.380. The molecule has 1 heterocycles. The summed E-state index contributed by atoms with van der Waals surface area (Å²) in [6.07, 6.45) is 3.15. The Morgan fingerprint density at radius 3 is 2.60 bits per heavy atom. The first-order valence-corrected chi connectivity index (χ1v) is 9.17. The van der Waals surface area contributed by atoms with Crippen LogP contribution in [0.1, 0.15) is 31.2 Å². The van der Waals surface area contributed by atoms with Crippen molar-refractivity contribution in [3.63, 3.8) is 0 Å². The number of amides is 1. The maximum Gasteiger partial charge on any atom is 0.236 e. The highest BCUT2D eigenvalue weighted by Gasteiger charge is 2.28. The Hall–Kier alpha value is -1.63. The number of aliphatic hydroxyl groups excluding tert-OH is 1. The zero-order valence-electron chi connectivity index (χ0n) is 14.6. The minimum absolute atomic E-state index is 0.134. The standard InChI is InChI=1S/C19H28N2O4/c22-17-6-4-16(5-7-17)21(13-15-2-1-3-18(23)12-15)14-19(24)20-8-10-25-11-9-20/h1-3,12,16-17,22-23H,4-11,13-14H2. The van der Waals surface area contributed by atoms with Gasteiger partial charge in [-0.15, -0.1) is 0 Å². The van der Waals surface area contributed by atoms with Gasteiger partial charge in [0.05, 0.1) is 25.9 Å². The minimum atomic E-state index is -0.214. The molecule has 0 radical (unpaired) electrons. The number of aromatic hydroxyl groups is 1. The van der Waals surface area contributed by atoms with Gasteiger partial charge in [-0.25, -0.2) is 0 Å². The molecule has 1 aliphatic heterocycles. The Morgan fingerprint density at radius 2 is 1.92 bits per heavy atom. The number of nitrogens with zero attached hydrogens (tertiary/aromatic N) is 2. The first kappa shape index (κ1) is 18.2. The Balaban J connectivity index is 1.68. The molecule has 0 bridgehead atoms. The lowest BCUT2D eigenvalue weighted by Gasteiger charge is -2.37. The van der Waals surface area contributed by atoms with Crippen LogP contribution in [0.15, 0.2) is 24.3 Å². The number of aliphatic hydroxyl groups is 1. The molecule has 6 heteroatoms. The topological polar surface area (TPSA) is 73.2 Å². The van der Waals surface area contributed by atoms with Crippen LogP contribution in [0.2, 0.25) is 0 Å². The number of carbonyl (C=O) groups is 1. The largest absolute Gasteiger partial charge is 0.508 e. The summed E-state index contributed by atoms with van der Waals surface area (Å²) in [5, 5.41) is 19.5. The van der Waals surface area contributed by atoms with Crippen LogP contribution in [-0.4, -0.2) is 70.9 Å². The second kappa shape index (κ2) is 8.65. The van der Waals surface area contributed by atoms with E-state index < -0.39 is 0 Å². The van der Waals surface area contributed by atoms with E-state index in [2.05, 4.69) is 4.90 Å². The molecular weight excluding hydrogens is 320 g/mol. The fourth-order valence-electron chi connectivity index (χ4n) is 3.71. The second-order valence-electron chi connectivity index (χ2n) is 7.03. The molecule has 1 aromatic rings. The highest BCUT2D eigenvalue weighted by molar-refractivity contribution is 5.78. The molecular formula is C19H28N2O4. The third-order valence-corrected chi connectivity index (χ3v) is 5.18. The van der Waals surface area contributed by atoms with Crippen LogP contribution in [0.3, 0.4) is 0 Å². The summed E-state index contributed by atoms with van der Waals surface area (Å²) >= 11 is 0. The molecule has 1 saturated carbocycles. The van der Waals surface area contributed by atoms with E-state index in [0.717, 1.165) is 31.2 Å². The number of phenolic OH excluding ortho intramolecular Hbond substituents is 1. The van der Waals surface area contributed by atoms with E-state index in [1.807, 2.05) is 17.0 Å². The van der Waals surface area contributed by atoms with Crippen molar-refractivity contribution in [2.75, 3.05) is 32.8 Å². The van der Waals surface area contributed by atoms with Crippen LogP contribution in [0, 0.1) is 0 Å². The summed E-state index contributed by atoms with van der Waals surface area (Å²) in [5.41, 5.74) is 1.00. The van der Waals surface area contributed by atoms with Crippen LogP contribution in [0.25, 0.3) is 0 Å². The summed E-state index contributed by atoms with van der Waals surface area (Å²) in [6.45, 7) is 3.52. The molecule has 1 saturated heterocycles. The Kier molecular flexibility index (Phi) is 6.29. The third-order valence-electron chi connectivity index (χ3n) is 5.18. The molecule has 2 fully saturated rings. The van der Waals surface area contributed by atoms with Crippen molar-refractivity contribution >= 4 is 5.91 Å². The number of ether oxygens (including phenoxy) is 1. The normalized spacial score (nSPS) is 24.5. The molecule has 2 aliphatic rings. The maximum atomic E-state index is 12.7. The van der Waals surface area contributed by atoms with E-state index in [-0.39, 0.29) is 23.8 Å². The van der Waals surface area contributed by atoms with Crippen molar-refractivity contribution in [1.82, 2.24) is 9.80 Å². The van der Waals surface area contributed by atoms with Crippen molar-refractivity contribution in [2.45, 2.75) is 44.4 Å². The van der Waals surface area contributed by atoms with Crippen molar-refractivity contribution in [3.8, 4) is 5.75 Å². The number of hydrogen-bond donors (Lipinski definition) is 2. The Bertz CT molecular complexity index is 566. The molecule has 2 N–H and O–H groups in total. The van der Waals surface area contributed by atoms with E-state index in [1.165, 1.54) is 0 Å². The van der Waals surface area contributed by atoms with E-state index in [9.17, 15) is 15.0 Å². The predicted molar refractivity (Wildman–Crippen MR) is 94.2 cm³/mol. The molecule has 1 aromatic carbocycles. The fraction of sp³-hybridized carbons (Fsp3) is 0.632. The maximum absolute atomic E-state index is 12.7. The van der Waals surface area contributed by atoms with Gasteiger partial charge in [0.1, 0.15) is 5.75 Å². The van der Waals surface area contributed by atoms with Crippen molar-refractivity contribution in [1.29, 1.82) is 0 Å². The zero-order valence-corrected chi connectivity index (χ0v) is 14.6. The van der Waals surface area contributed by atoms with E-state index >= 15 is 0 Å². The van der Waals surface area contributed by atoms with Crippen LogP contribution in [0.4, 0.5) is 0 Å². The summed E-state index contributed by atoms with van der Waals surface area (Å²) in [4.78, 5) is 16.8. The third kappa shape index (κ3) is 5.17. The Labute approximate surface area is 149 Å². The van der Waals surface area contributed by atoms with Crippen molar-refractivity contribution in [2.24, 2.45) is 0 Å². The fourth-order valence-corrected chi connectivity index (χ4v) is 3.71. The molecule has 0 atom stereocenters. The van der Waals surface area contributed by atoms with E-state index in [0.29, 0.717) is 39.4 Å². The van der Waals surface area contributed by atoms with Crippen molar-refractivity contribution < 1.29 is 19.7 Å². The molecule has 6 nitrogen and oxygen atoms in total. The SMILES string of the molecule is O=C(CN(Cc1cccc(O)c1)C1CCC(O)CC1)N1CCOCC1. The van der Waals surface area contributed by atoms with Gasteiger partial charge in [0.25, 0.3) is 0 Å². The number of rotatable bonds is 5. The smallest absolute Gasteiger partial charge is 0.236 e. The molecule has 0 unspecified atom stereocenters. The molecule has 3 rings (SSSR count). The average molecular weight is 348 g/mol. The van der Waals surface area contributed by atoms with Crippen LogP contribution in [0.5, 0.6) is 5.75 Å². The summed E-state index contributed by atoms with van der Waals surface area (Å²) in [6, 6.07) is 7.50. The van der Waals surface area contributed by atoms with E-state index in [1.54, 1.807) is 12.1 Å².